The van der Waals surface area contributed by atoms with Gasteiger partial charge in [0.2, 0.25) is 0 Å². The summed E-state index contributed by atoms with van der Waals surface area (Å²) in [4.78, 5) is 2.47. The summed E-state index contributed by atoms with van der Waals surface area (Å²) in [5, 5.41) is 0. The van der Waals surface area contributed by atoms with Gasteiger partial charge in [-0.3, -0.25) is 4.90 Å². The van der Waals surface area contributed by atoms with E-state index in [-0.39, 0.29) is 5.54 Å². The maximum Gasteiger partial charge on any atom is 0.0326 e. The van der Waals surface area contributed by atoms with Gasteiger partial charge in [0.05, 0.1) is 0 Å². The van der Waals surface area contributed by atoms with Gasteiger partial charge in [-0.05, 0) is 32.7 Å². The van der Waals surface area contributed by atoms with Crippen LogP contribution in [0.5, 0.6) is 0 Å². The molecule has 2 N–H and O–H groups in total. The SMILES string of the molecule is CC(C)C(C)(CN)N(C)C1CC1. The first-order chi connectivity index (χ1) is 5.52. The average molecular weight is 170 g/mol. The van der Waals surface area contributed by atoms with Gasteiger partial charge in [0.1, 0.15) is 0 Å². The first kappa shape index (κ1) is 10.0. The Morgan fingerprint density at radius 3 is 2.25 bits per heavy atom. The molecule has 0 bridgehead atoms. The Balaban J connectivity index is 2.63. The molecule has 2 nitrogen and oxygen atoms in total. The molecule has 0 radical (unpaired) electrons. The molecule has 1 atom stereocenters. The van der Waals surface area contributed by atoms with E-state index in [1.165, 1.54) is 12.8 Å². The van der Waals surface area contributed by atoms with Crippen LogP contribution in [-0.2, 0) is 0 Å². The van der Waals surface area contributed by atoms with Gasteiger partial charge in [0.15, 0.2) is 0 Å². The second-order valence-electron chi connectivity index (χ2n) is 4.56. The third-order valence-corrected chi connectivity index (χ3v) is 3.56. The second-order valence-corrected chi connectivity index (χ2v) is 4.56. The summed E-state index contributed by atoms with van der Waals surface area (Å²) in [6.07, 6.45) is 2.72. The molecular formula is C10H22N2. The van der Waals surface area contributed by atoms with Crippen molar-refractivity contribution in [1.29, 1.82) is 0 Å². The van der Waals surface area contributed by atoms with Crippen LogP contribution in [0.2, 0.25) is 0 Å². The van der Waals surface area contributed by atoms with E-state index >= 15 is 0 Å². The largest absolute Gasteiger partial charge is 0.329 e. The summed E-state index contributed by atoms with van der Waals surface area (Å²) in [7, 11) is 2.21. The van der Waals surface area contributed by atoms with Crippen LogP contribution in [0.3, 0.4) is 0 Å². The Kier molecular flexibility index (Phi) is 2.79. The van der Waals surface area contributed by atoms with Crippen LogP contribution in [0.1, 0.15) is 33.6 Å². The molecule has 72 valence electrons. The minimum Gasteiger partial charge on any atom is -0.329 e. The number of hydrogen-bond donors (Lipinski definition) is 1. The molecule has 0 amide bonds. The second kappa shape index (κ2) is 3.35. The minimum atomic E-state index is 0.196. The Hall–Kier alpha value is -0.0800. The van der Waals surface area contributed by atoms with E-state index in [1.54, 1.807) is 0 Å². The molecule has 1 fully saturated rings. The molecule has 0 spiro atoms. The number of rotatable bonds is 4. The summed E-state index contributed by atoms with van der Waals surface area (Å²) in [6.45, 7) is 7.55. The highest BCUT2D eigenvalue weighted by Gasteiger charge is 2.39. The lowest BCUT2D eigenvalue weighted by atomic mass is 9.87. The van der Waals surface area contributed by atoms with E-state index in [4.69, 9.17) is 5.73 Å². The van der Waals surface area contributed by atoms with Crippen molar-refractivity contribution >= 4 is 0 Å². The van der Waals surface area contributed by atoms with Crippen molar-refractivity contribution in [2.45, 2.75) is 45.2 Å². The van der Waals surface area contributed by atoms with Crippen LogP contribution in [0, 0.1) is 5.92 Å². The van der Waals surface area contributed by atoms with Crippen LogP contribution in [0.4, 0.5) is 0 Å². The molecule has 0 aromatic rings. The summed E-state index contributed by atoms with van der Waals surface area (Å²) in [5.74, 6) is 0.632. The van der Waals surface area contributed by atoms with Gasteiger partial charge >= 0.3 is 0 Å². The molecule has 0 saturated heterocycles. The van der Waals surface area contributed by atoms with Gasteiger partial charge in [-0.1, -0.05) is 13.8 Å². The maximum absolute atomic E-state index is 5.83. The monoisotopic (exact) mass is 170 g/mol. The third-order valence-electron chi connectivity index (χ3n) is 3.56. The average Bonchev–Trinajstić information content (AvgIpc) is 2.83. The van der Waals surface area contributed by atoms with Crippen LogP contribution >= 0.6 is 0 Å². The lowest BCUT2D eigenvalue weighted by molar-refractivity contribution is 0.0872. The van der Waals surface area contributed by atoms with Gasteiger partial charge in [0.25, 0.3) is 0 Å². The van der Waals surface area contributed by atoms with Crippen LogP contribution in [0.15, 0.2) is 0 Å². The highest BCUT2D eigenvalue weighted by atomic mass is 15.2. The molecule has 1 rings (SSSR count). The molecule has 2 heteroatoms. The molecule has 0 aromatic heterocycles. The minimum absolute atomic E-state index is 0.196. The van der Waals surface area contributed by atoms with Crippen LogP contribution < -0.4 is 5.73 Å². The van der Waals surface area contributed by atoms with E-state index in [1.807, 2.05) is 0 Å². The highest BCUT2D eigenvalue weighted by molar-refractivity contribution is 4.96. The molecule has 0 heterocycles. The topological polar surface area (TPSA) is 29.3 Å². The lowest BCUT2D eigenvalue weighted by Gasteiger charge is -2.41. The van der Waals surface area contributed by atoms with Crippen molar-refractivity contribution in [1.82, 2.24) is 4.90 Å². The van der Waals surface area contributed by atoms with Gasteiger partial charge < -0.3 is 5.73 Å². The summed E-state index contributed by atoms with van der Waals surface area (Å²) >= 11 is 0. The van der Waals surface area contributed by atoms with Gasteiger partial charge in [0, 0.05) is 18.1 Å². The van der Waals surface area contributed by atoms with E-state index in [0.29, 0.717) is 5.92 Å². The molecule has 1 aliphatic carbocycles. The van der Waals surface area contributed by atoms with E-state index < -0.39 is 0 Å². The molecule has 0 aliphatic heterocycles. The fraction of sp³-hybridized carbons (Fsp3) is 1.00. The summed E-state index contributed by atoms with van der Waals surface area (Å²) in [6, 6.07) is 0.806. The van der Waals surface area contributed by atoms with Crippen molar-refractivity contribution in [2.75, 3.05) is 13.6 Å². The van der Waals surface area contributed by atoms with Crippen LogP contribution in [0.25, 0.3) is 0 Å². The quantitative estimate of drug-likeness (QED) is 0.692. The Bertz CT molecular complexity index is 152. The molecule has 1 unspecified atom stereocenters. The molecule has 12 heavy (non-hydrogen) atoms. The van der Waals surface area contributed by atoms with Gasteiger partial charge in [-0.2, -0.15) is 0 Å². The molecule has 0 aromatic carbocycles. The van der Waals surface area contributed by atoms with Gasteiger partial charge in [-0.15, -0.1) is 0 Å². The maximum atomic E-state index is 5.83. The third kappa shape index (κ3) is 1.64. The smallest absolute Gasteiger partial charge is 0.0326 e. The number of nitrogens with zero attached hydrogens (tertiary/aromatic N) is 1. The van der Waals surface area contributed by atoms with E-state index in [9.17, 15) is 0 Å². The van der Waals surface area contributed by atoms with E-state index in [0.717, 1.165) is 12.6 Å². The highest BCUT2D eigenvalue weighted by Crippen LogP contribution is 2.34. The first-order valence-corrected chi connectivity index (χ1v) is 4.95. The Labute approximate surface area is 76.1 Å². The Morgan fingerprint density at radius 1 is 1.50 bits per heavy atom. The summed E-state index contributed by atoms with van der Waals surface area (Å²) in [5.41, 5.74) is 6.03. The normalized spacial score (nSPS) is 23.2. The Morgan fingerprint density at radius 2 is 2.00 bits per heavy atom. The number of hydrogen-bond acceptors (Lipinski definition) is 2. The first-order valence-electron chi connectivity index (χ1n) is 4.95. The zero-order chi connectivity index (χ0) is 9.35. The predicted molar refractivity (Wildman–Crippen MR) is 53.1 cm³/mol. The molecule has 1 saturated carbocycles. The zero-order valence-electron chi connectivity index (χ0n) is 8.80. The van der Waals surface area contributed by atoms with Gasteiger partial charge in [-0.25, -0.2) is 0 Å². The van der Waals surface area contributed by atoms with Crippen LogP contribution in [-0.4, -0.2) is 30.1 Å². The summed E-state index contributed by atoms with van der Waals surface area (Å²) < 4.78 is 0. The zero-order valence-corrected chi connectivity index (χ0v) is 8.80. The molecular weight excluding hydrogens is 148 g/mol. The molecule has 1 aliphatic rings. The van der Waals surface area contributed by atoms with Crippen molar-refractivity contribution in [3.8, 4) is 0 Å². The number of likely N-dealkylation sites (N-methyl/N-ethyl adjacent to an activating group) is 1. The fourth-order valence-electron chi connectivity index (χ4n) is 1.67. The number of nitrogens with two attached hydrogens (primary N) is 1. The predicted octanol–water partition coefficient (Wildman–Crippen LogP) is 1.45. The van der Waals surface area contributed by atoms with Crippen molar-refractivity contribution < 1.29 is 0 Å². The van der Waals surface area contributed by atoms with E-state index in [2.05, 4.69) is 32.7 Å². The lowest BCUT2D eigenvalue weighted by Crippen LogP contribution is -2.54. The van der Waals surface area contributed by atoms with Crippen molar-refractivity contribution in [3.05, 3.63) is 0 Å². The fourth-order valence-corrected chi connectivity index (χ4v) is 1.67. The van der Waals surface area contributed by atoms with Crippen molar-refractivity contribution in [2.24, 2.45) is 11.7 Å². The standard InChI is InChI=1S/C10H22N2/c1-8(2)10(3,7-11)12(4)9-5-6-9/h8-9H,5-7,11H2,1-4H3. The van der Waals surface area contributed by atoms with Crippen molar-refractivity contribution in [3.63, 3.8) is 0 Å².